The predicted octanol–water partition coefficient (Wildman–Crippen LogP) is 3.48. The molecular formula is C16H17F2N3. The minimum atomic E-state index is -0.401. The molecule has 0 N–H and O–H groups in total. The highest BCUT2D eigenvalue weighted by molar-refractivity contribution is 5.19. The summed E-state index contributed by atoms with van der Waals surface area (Å²) >= 11 is 0. The van der Waals surface area contributed by atoms with Crippen molar-refractivity contribution in [2.75, 3.05) is 6.54 Å². The van der Waals surface area contributed by atoms with Gasteiger partial charge in [0.2, 0.25) is 0 Å². The van der Waals surface area contributed by atoms with Crippen molar-refractivity contribution < 1.29 is 8.78 Å². The first-order valence-electron chi connectivity index (χ1n) is 7.18. The molecule has 1 aliphatic rings. The monoisotopic (exact) mass is 289 g/mol. The summed E-state index contributed by atoms with van der Waals surface area (Å²) in [4.78, 5) is 10.4. The molecule has 0 unspecified atom stereocenters. The van der Waals surface area contributed by atoms with Crippen molar-refractivity contribution in [3.8, 4) is 0 Å². The lowest BCUT2D eigenvalue weighted by molar-refractivity contribution is 0.135. The van der Waals surface area contributed by atoms with Crippen LogP contribution in [-0.2, 0) is 6.54 Å². The van der Waals surface area contributed by atoms with Crippen molar-refractivity contribution in [2.45, 2.75) is 31.8 Å². The third-order valence-electron chi connectivity index (χ3n) is 3.94. The van der Waals surface area contributed by atoms with Gasteiger partial charge in [-0.25, -0.2) is 18.7 Å². The van der Waals surface area contributed by atoms with Crippen LogP contribution >= 0.6 is 0 Å². The van der Waals surface area contributed by atoms with Gasteiger partial charge in [0.05, 0.1) is 11.7 Å². The topological polar surface area (TPSA) is 29.0 Å². The molecule has 0 amide bonds. The van der Waals surface area contributed by atoms with Crippen LogP contribution in [0.15, 0.2) is 36.8 Å². The molecule has 2 aromatic rings. The van der Waals surface area contributed by atoms with E-state index in [2.05, 4.69) is 14.9 Å². The predicted molar refractivity (Wildman–Crippen MR) is 75.4 cm³/mol. The van der Waals surface area contributed by atoms with E-state index < -0.39 is 5.82 Å². The van der Waals surface area contributed by atoms with E-state index in [9.17, 15) is 8.78 Å². The fourth-order valence-electron chi connectivity index (χ4n) is 2.90. The number of hydrogen-bond donors (Lipinski definition) is 0. The SMILES string of the molecule is Fc1ccc(F)c(CN2CCCC[C@@H]2c2ccncn2)c1. The van der Waals surface area contributed by atoms with Crippen LogP contribution in [0.25, 0.3) is 0 Å². The van der Waals surface area contributed by atoms with Crippen molar-refractivity contribution in [3.05, 3.63) is 59.7 Å². The molecule has 5 heteroatoms. The summed E-state index contributed by atoms with van der Waals surface area (Å²) in [5, 5.41) is 0. The summed E-state index contributed by atoms with van der Waals surface area (Å²) in [5.41, 5.74) is 1.34. The second-order valence-corrected chi connectivity index (χ2v) is 5.35. The lowest BCUT2D eigenvalue weighted by Gasteiger charge is -2.35. The van der Waals surface area contributed by atoms with E-state index in [0.717, 1.165) is 37.6 Å². The number of hydrogen-bond acceptors (Lipinski definition) is 3. The van der Waals surface area contributed by atoms with E-state index in [0.29, 0.717) is 12.1 Å². The number of rotatable bonds is 3. The molecule has 0 saturated carbocycles. The lowest BCUT2D eigenvalue weighted by atomic mass is 9.98. The van der Waals surface area contributed by atoms with Crippen LogP contribution in [0, 0.1) is 11.6 Å². The Bertz CT molecular complexity index is 604. The van der Waals surface area contributed by atoms with Crippen LogP contribution in [0.2, 0.25) is 0 Å². The highest BCUT2D eigenvalue weighted by Gasteiger charge is 2.25. The maximum Gasteiger partial charge on any atom is 0.127 e. The zero-order valence-electron chi connectivity index (χ0n) is 11.7. The molecule has 1 saturated heterocycles. The van der Waals surface area contributed by atoms with Crippen LogP contribution in [0.5, 0.6) is 0 Å². The maximum atomic E-state index is 13.8. The lowest BCUT2D eigenvalue weighted by Crippen LogP contribution is -2.33. The van der Waals surface area contributed by atoms with Crippen molar-refractivity contribution >= 4 is 0 Å². The normalized spacial score (nSPS) is 19.6. The molecule has 110 valence electrons. The summed E-state index contributed by atoms with van der Waals surface area (Å²) < 4.78 is 27.2. The maximum absolute atomic E-state index is 13.8. The Morgan fingerprint density at radius 3 is 2.90 bits per heavy atom. The van der Waals surface area contributed by atoms with Crippen LogP contribution in [0.4, 0.5) is 8.78 Å². The molecule has 0 radical (unpaired) electrons. The molecular weight excluding hydrogens is 272 g/mol. The Labute approximate surface area is 122 Å². The smallest absolute Gasteiger partial charge is 0.127 e. The molecule has 1 atom stereocenters. The Morgan fingerprint density at radius 1 is 1.19 bits per heavy atom. The summed E-state index contributed by atoms with van der Waals surface area (Å²) in [7, 11) is 0. The number of likely N-dealkylation sites (tertiary alicyclic amines) is 1. The number of benzene rings is 1. The average Bonchev–Trinajstić information content (AvgIpc) is 2.52. The fourth-order valence-corrected chi connectivity index (χ4v) is 2.90. The highest BCUT2D eigenvalue weighted by Crippen LogP contribution is 2.31. The molecule has 2 heterocycles. The zero-order chi connectivity index (χ0) is 14.7. The molecule has 21 heavy (non-hydrogen) atoms. The van der Waals surface area contributed by atoms with Crippen LogP contribution < -0.4 is 0 Å². The third kappa shape index (κ3) is 3.24. The summed E-state index contributed by atoms with van der Waals surface area (Å²) in [6.07, 6.45) is 6.42. The Morgan fingerprint density at radius 2 is 2.10 bits per heavy atom. The van der Waals surface area contributed by atoms with Crippen molar-refractivity contribution in [1.82, 2.24) is 14.9 Å². The van der Waals surface area contributed by atoms with Crippen molar-refractivity contribution in [1.29, 1.82) is 0 Å². The molecule has 1 aliphatic heterocycles. The number of nitrogens with zero attached hydrogens (tertiary/aromatic N) is 3. The van der Waals surface area contributed by atoms with Crippen LogP contribution in [0.1, 0.15) is 36.6 Å². The summed E-state index contributed by atoms with van der Waals surface area (Å²) in [6, 6.07) is 5.65. The Hall–Kier alpha value is -1.88. The minimum absolute atomic E-state index is 0.143. The van der Waals surface area contributed by atoms with Gasteiger partial charge >= 0.3 is 0 Å². The molecule has 1 fully saturated rings. The first kappa shape index (κ1) is 14.1. The number of piperidine rings is 1. The second kappa shape index (κ2) is 6.26. The van der Waals surface area contributed by atoms with Crippen molar-refractivity contribution in [2.24, 2.45) is 0 Å². The van der Waals surface area contributed by atoms with Crippen LogP contribution in [0.3, 0.4) is 0 Å². The van der Waals surface area contributed by atoms with E-state index in [1.54, 1.807) is 6.20 Å². The highest BCUT2D eigenvalue weighted by atomic mass is 19.1. The molecule has 1 aromatic carbocycles. The van der Waals surface area contributed by atoms with Gasteiger partial charge in [0, 0.05) is 18.3 Å². The van der Waals surface area contributed by atoms with Gasteiger partial charge in [-0.2, -0.15) is 0 Å². The average molecular weight is 289 g/mol. The first-order valence-corrected chi connectivity index (χ1v) is 7.18. The van der Waals surface area contributed by atoms with Gasteiger partial charge in [0.15, 0.2) is 0 Å². The number of halogens is 2. The quantitative estimate of drug-likeness (QED) is 0.866. The van der Waals surface area contributed by atoms with Gasteiger partial charge in [0.25, 0.3) is 0 Å². The molecule has 3 rings (SSSR count). The van der Waals surface area contributed by atoms with Crippen LogP contribution in [-0.4, -0.2) is 21.4 Å². The Balaban J connectivity index is 1.83. The molecule has 0 bridgehead atoms. The van der Waals surface area contributed by atoms with Gasteiger partial charge in [-0.05, 0) is 43.7 Å². The molecule has 1 aromatic heterocycles. The molecule has 3 nitrogen and oxygen atoms in total. The summed E-state index contributed by atoms with van der Waals surface area (Å²) in [6.45, 7) is 1.27. The minimum Gasteiger partial charge on any atom is -0.290 e. The van der Waals surface area contributed by atoms with E-state index in [-0.39, 0.29) is 11.9 Å². The first-order chi connectivity index (χ1) is 10.2. The largest absolute Gasteiger partial charge is 0.290 e. The van der Waals surface area contributed by atoms with Gasteiger partial charge in [-0.1, -0.05) is 6.42 Å². The van der Waals surface area contributed by atoms with E-state index in [1.165, 1.54) is 18.5 Å². The second-order valence-electron chi connectivity index (χ2n) is 5.35. The van der Waals surface area contributed by atoms with E-state index in [1.807, 2.05) is 6.07 Å². The van der Waals surface area contributed by atoms with Gasteiger partial charge in [-0.3, -0.25) is 4.90 Å². The van der Waals surface area contributed by atoms with E-state index >= 15 is 0 Å². The molecule has 0 spiro atoms. The Kier molecular flexibility index (Phi) is 4.20. The number of aromatic nitrogens is 2. The van der Waals surface area contributed by atoms with Gasteiger partial charge in [0.1, 0.15) is 18.0 Å². The summed E-state index contributed by atoms with van der Waals surface area (Å²) in [5.74, 6) is -0.759. The van der Waals surface area contributed by atoms with E-state index in [4.69, 9.17) is 0 Å². The van der Waals surface area contributed by atoms with Gasteiger partial charge < -0.3 is 0 Å². The molecule has 0 aliphatic carbocycles. The van der Waals surface area contributed by atoms with Gasteiger partial charge in [-0.15, -0.1) is 0 Å². The standard InChI is InChI=1S/C16H17F2N3/c17-13-4-5-14(18)12(9-13)10-21-8-2-1-3-16(21)15-6-7-19-11-20-15/h4-7,9,11,16H,1-3,8,10H2/t16-/m1/s1. The third-order valence-corrected chi connectivity index (χ3v) is 3.94. The van der Waals surface area contributed by atoms with Crippen molar-refractivity contribution in [3.63, 3.8) is 0 Å². The fraction of sp³-hybridized carbons (Fsp3) is 0.375. The zero-order valence-corrected chi connectivity index (χ0v) is 11.7.